The molecular weight excluding hydrogens is 484 g/mol. The summed E-state index contributed by atoms with van der Waals surface area (Å²) in [5, 5.41) is 2.82. The number of ether oxygens (including phenoxy) is 2. The van der Waals surface area contributed by atoms with E-state index in [-0.39, 0.29) is 25.4 Å². The molecule has 2 aromatic rings. The van der Waals surface area contributed by atoms with Crippen LogP contribution in [0.25, 0.3) is 0 Å². The first kappa shape index (κ1) is 27.5. The van der Waals surface area contributed by atoms with E-state index < -0.39 is 40.0 Å². The molecule has 0 bridgehead atoms. The topological polar surface area (TPSA) is 111 Å². The largest absolute Gasteiger partial charge is 0.445 e. The van der Waals surface area contributed by atoms with Gasteiger partial charge in [-0.15, -0.1) is 0 Å². The molecule has 0 aliphatic carbocycles. The lowest BCUT2D eigenvalue weighted by molar-refractivity contribution is 0.0197. The highest BCUT2D eigenvalue weighted by Gasteiger charge is 2.40. The molecule has 0 saturated carbocycles. The van der Waals surface area contributed by atoms with Crippen molar-refractivity contribution in [3.05, 3.63) is 71.8 Å². The van der Waals surface area contributed by atoms with Crippen LogP contribution in [0.4, 0.5) is 9.59 Å². The van der Waals surface area contributed by atoms with E-state index in [2.05, 4.69) is 5.32 Å². The Morgan fingerprint density at radius 3 is 2.22 bits per heavy atom. The van der Waals surface area contributed by atoms with E-state index in [1.54, 1.807) is 51.1 Å². The van der Waals surface area contributed by atoms with Gasteiger partial charge in [0, 0.05) is 6.54 Å². The molecule has 1 heterocycles. The second kappa shape index (κ2) is 12.2. The lowest BCUT2D eigenvalue weighted by atomic mass is 10.1. The second-order valence-electron chi connectivity index (χ2n) is 9.64. The number of hydrogen-bond acceptors (Lipinski definition) is 7. The molecule has 1 saturated heterocycles. The first-order chi connectivity index (χ1) is 17.0. The Morgan fingerprint density at radius 1 is 1.00 bits per heavy atom. The molecule has 0 aromatic heterocycles. The Morgan fingerprint density at radius 2 is 1.61 bits per heavy atom. The van der Waals surface area contributed by atoms with Crippen molar-refractivity contribution in [2.24, 2.45) is 0 Å². The van der Waals surface area contributed by atoms with Crippen LogP contribution in [0.2, 0.25) is 0 Å². The molecule has 2 atom stereocenters. The zero-order valence-electron chi connectivity index (χ0n) is 20.9. The zero-order chi connectivity index (χ0) is 26.2. The SMILES string of the molecule is CC(C)(C)OC(=O)N1CC[C@H](NC(=O)OCc2ccccc2)[C@H]1CCOS(=O)(=O)Cc1ccccc1. The number of carbonyl (C=O) groups is 2. The Hall–Kier alpha value is -3.11. The van der Waals surface area contributed by atoms with Crippen LogP contribution in [0.15, 0.2) is 60.7 Å². The molecule has 36 heavy (non-hydrogen) atoms. The molecular formula is C26H34N2O7S. The third-order valence-corrected chi connectivity index (χ3v) is 6.77. The quantitative estimate of drug-likeness (QED) is 0.495. The summed E-state index contributed by atoms with van der Waals surface area (Å²) in [6.07, 6.45) is -0.475. The molecule has 196 valence electrons. The number of rotatable bonds is 9. The first-order valence-electron chi connectivity index (χ1n) is 11.9. The molecule has 1 aliphatic rings. The van der Waals surface area contributed by atoms with E-state index in [1.807, 2.05) is 30.3 Å². The number of nitrogens with one attached hydrogen (secondary N) is 1. The van der Waals surface area contributed by atoms with Gasteiger partial charge in [0.25, 0.3) is 10.1 Å². The molecule has 10 heteroatoms. The predicted octanol–water partition coefficient (Wildman–Crippen LogP) is 4.23. The molecule has 1 aliphatic heterocycles. The van der Waals surface area contributed by atoms with Gasteiger partial charge in [0.05, 0.1) is 18.7 Å². The minimum Gasteiger partial charge on any atom is -0.445 e. The first-order valence-corrected chi connectivity index (χ1v) is 13.5. The number of carbonyl (C=O) groups excluding carboxylic acids is 2. The van der Waals surface area contributed by atoms with Crippen LogP contribution in [0.3, 0.4) is 0 Å². The lowest BCUT2D eigenvalue weighted by Crippen LogP contribution is -2.48. The summed E-state index contributed by atoms with van der Waals surface area (Å²) in [4.78, 5) is 26.8. The average molecular weight is 519 g/mol. The lowest BCUT2D eigenvalue weighted by Gasteiger charge is -2.30. The van der Waals surface area contributed by atoms with Crippen LogP contribution in [-0.2, 0) is 36.1 Å². The molecule has 0 radical (unpaired) electrons. The number of amides is 2. The Bertz CT molecular complexity index is 1100. The second-order valence-corrected chi connectivity index (χ2v) is 11.3. The van der Waals surface area contributed by atoms with Crippen LogP contribution < -0.4 is 5.32 Å². The molecule has 1 fully saturated rings. The maximum absolute atomic E-state index is 12.8. The van der Waals surface area contributed by atoms with Crippen LogP contribution >= 0.6 is 0 Å². The van der Waals surface area contributed by atoms with E-state index in [9.17, 15) is 18.0 Å². The number of benzene rings is 2. The fourth-order valence-corrected chi connectivity index (χ4v) is 4.99. The summed E-state index contributed by atoms with van der Waals surface area (Å²) in [7, 11) is -3.82. The van der Waals surface area contributed by atoms with Crippen molar-refractivity contribution >= 4 is 22.3 Å². The van der Waals surface area contributed by atoms with Crippen molar-refractivity contribution in [2.75, 3.05) is 13.2 Å². The fourth-order valence-electron chi connectivity index (χ4n) is 3.96. The smallest absolute Gasteiger partial charge is 0.410 e. The fraction of sp³-hybridized carbons (Fsp3) is 0.462. The van der Waals surface area contributed by atoms with Gasteiger partial charge in [-0.05, 0) is 44.7 Å². The summed E-state index contributed by atoms with van der Waals surface area (Å²) in [6, 6.07) is 17.1. The molecule has 3 rings (SSSR count). The van der Waals surface area contributed by atoms with E-state index in [4.69, 9.17) is 13.7 Å². The average Bonchev–Trinajstić information content (AvgIpc) is 3.20. The Kier molecular flexibility index (Phi) is 9.33. The number of alkyl carbamates (subject to hydrolysis) is 1. The molecule has 2 amide bonds. The minimum absolute atomic E-state index is 0.112. The van der Waals surface area contributed by atoms with Gasteiger partial charge >= 0.3 is 12.2 Å². The van der Waals surface area contributed by atoms with Crippen molar-refractivity contribution in [2.45, 2.75) is 63.7 Å². The highest BCUT2D eigenvalue weighted by Crippen LogP contribution is 2.24. The Balaban J connectivity index is 1.61. The van der Waals surface area contributed by atoms with Gasteiger partial charge in [-0.3, -0.25) is 4.18 Å². The third-order valence-electron chi connectivity index (χ3n) is 5.55. The summed E-state index contributed by atoms with van der Waals surface area (Å²) < 4.78 is 41.0. The van der Waals surface area contributed by atoms with Gasteiger partial charge in [-0.25, -0.2) is 9.59 Å². The van der Waals surface area contributed by atoms with E-state index >= 15 is 0 Å². The maximum Gasteiger partial charge on any atom is 0.410 e. The van der Waals surface area contributed by atoms with Crippen molar-refractivity contribution in [3.63, 3.8) is 0 Å². The highest BCUT2D eigenvalue weighted by molar-refractivity contribution is 7.85. The zero-order valence-corrected chi connectivity index (χ0v) is 21.7. The van der Waals surface area contributed by atoms with Gasteiger partial charge in [0.1, 0.15) is 18.0 Å². The van der Waals surface area contributed by atoms with Gasteiger partial charge in [-0.2, -0.15) is 8.42 Å². The number of hydrogen-bond donors (Lipinski definition) is 1. The molecule has 2 aromatic carbocycles. The Labute approximate surface area is 212 Å². The van der Waals surface area contributed by atoms with Crippen LogP contribution in [0.5, 0.6) is 0 Å². The monoisotopic (exact) mass is 518 g/mol. The molecule has 0 unspecified atom stereocenters. The van der Waals surface area contributed by atoms with E-state index in [0.717, 1.165) is 5.56 Å². The number of likely N-dealkylation sites (tertiary alicyclic amines) is 1. The minimum atomic E-state index is -3.82. The van der Waals surface area contributed by atoms with E-state index in [1.165, 1.54) is 4.90 Å². The summed E-state index contributed by atoms with van der Waals surface area (Å²) in [5.74, 6) is -0.248. The van der Waals surface area contributed by atoms with Crippen LogP contribution in [0.1, 0.15) is 44.7 Å². The molecule has 0 spiro atoms. The van der Waals surface area contributed by atoms with Crippen molar-refractivity contribution < 1.29 is 31.7 Å². The van der Waals surface area contributed by atoms with Gasteiger partial charge in [-0.1, -0.05) is 60.7 Å². The van der Waals surface area contributed by atoms with Crippen molar-refractivity contribution in [1.29, 1.82) is 0 Å². The molecule has 9 nitrogen and oxygen atoms in total. The maximum atomic E-state index is 12.8. The normalized spacial score (nSPS) is 18.0. The van der Waals surface area contributed by atoms with Crippen LogP contribution in [-0.4, -0.2) is 56.3 Å². The summed E-state index contributed by atoms with van der Waals surface area (Å²) in [6.45, 7) is 5.63. The van der Waals surface area contributed by atoms with E-state index in [0.29, 0.717) is 18.5 Å². The van der Waals surface area contributed by atoms with Gasteiger partial charge in [0.2, 0.25) is 0 Å². The predicted molar refractivity (Wildman–Crippen MR) is 135 cm³/mol. The van der Waals surface area contributed by atoms with Gasteiger partial charge in [0.15, 0.2) is 0 Å². The van der Waals surface area contributed by atoms with Crippen LogP contribution in [0, 0.1) is 0 Å². The highest BCUT2D eigenvalue weighted by atomic mass is 32.2. The summed E-state index contributed by atoms with van der Waals surface area (Å²) in [5.41, 5.74) is 0.773. The van der Waals surface area contributed by atoms with Gasteiger partial charge < -0.3 is 19.7 Å². The van der Waals surface area contributed by atoms with Crippen molar-refractivity contribution in [1.82, 2.24) is 10.2 Å². The number of nitrogens with zero attached hydrogens (tertiary/aromatic N) is 1. The standard InChI is InChI=1S/C26H34N2O7S/c1-26(2,3)35-25(30)28-16-14-22(27-24(29)33-18-20-10-6-4-7-11-20)23(28)15-17-34-36(31,32)19-21-12-8-5-9-13-21/h4-13,22-23H,14-19H2,1-3H3,(H,27,29)/t22-,23+/m0/s1. The van der Waals surface area contributed by atoms with Crippen molar-refractivity contribution in [3.8, 4) is 0 Å². The summed E-state index contributed by atoms with van der Waals surface area (Å²) >= 11 is 0. The third kappa shape index (κ3) is 8.83. The molecule has 1 N–H and O–H groups in total.